The molecule has 0 aliphatic rings. The molecule has 4 amide bonds. The van der Waals surface area contributed by atoms with Gasteiger partial charge in [-0.05, 0) is 68.0 Å². The number of nitrogens with one attached hydrogen (secondary N) is 6. The third-order valence-corrected chi connectivity index (χ3v) is 7.38. The first-order valence-electron chi connectivity index (χ1n) is 15.0. The van der Waals surface area contributed by atoms with Crippen molar-refractivity contribution >= 4 is 35.4 Å². The van der Waals surface area contributed by atoms with Crippen LogP contribution in [-0.4, -0.2) is 83.7 Å². The van der Waals surface area contributed by atoms with Crippen LogP contribution in [-0.2, 0) is 32.0 Å². The molecule has 0 bridgehead atoms. The monoisotopic (exact) mass is 637 g/mol. The number of benzene rings is 2. The van der Waals surface area contributed by atoms with Crippen molar-refractivity contribution in [3.05, 3.63) is 64.7 Å². The number of aryl methyl sites for hydroxylation is 2. The summed E-state index contributed by atoms with van der Waals surface area (Å²) in [6, 6.07) is 9.29. The van der Waals surface area contributed by atoms with E-state index in [4.69, 9.17) is 22.3 Å². The molecule has 0 aromatic heterocycles. The van der Waals surface area contributed by atoms with Crippen molar-refractivity contribution in [1.29, 1.82) is 10.8 Å². The topological polar surface area (TPSA) is 240 Å². The number of guanidine groups is 1. The molecule has 0 saturated carbocycles. The van der Waals surface area contributed by atoms with Crippen LogP contribution in [0.2, 0.25) is 0 Å². The molecule has 14 heteroatoms. The molecule has 46 heavy (non-hydrogen) atoms. The van der Waals surface area contributed by atoms with Gasteiger partial charge in [-0.3, -0.25) is 30.0 Å². The quantitative estimate of drug-likeness (QED) is 0.0663. The van der Waals surface area contributed by atoms with Crippen LogP contribution in [0, 0.1) is 24.7 Å². The highest BCUT2D eigenvalue weighted by Gasteiger charge is 2.31. The third kappa shape index (κ3) is 12.5. The Hall–Kier alpha value is -5.14. The van der Waals surface area contributed by atoms with Gasteiger partial charge in [-0.1, -0.05) is 30.3 Å². The lowest BCUT2D eigenvalue weighted by Crippen LogP contribution is -2.57. The van der Waals surface area contributed by atoms with Gasteiger partial charge in [0.2, 0.25) is 23.6 Å². The number of rotatable bonds is 17. The maximum absolute atomic E-state index is 13.8. The summed E-state index contributed by atoms with van der Waals surface area (Å²) in [6.07, 6.45) is 0.799. The van der Waals surface area contributed by atoms with E-state index in [1.807, 2.05) is 44.2 Å². The Morgan fingerprint density at radius 1 is 0.891 bits per heavy atom. The predicted molar refractivity (Wildman–Crippen MR) is 176 cm³/mol. The standard InChI is InChI=1S/C32H47N9O5/c1-19-15-23(42)16-20(2)24(19)18-26(38-21(3)33)30(45)39-25(11-8-13-37-32(35)36)29(44)40-27(17-22-9-6-5-7-10-22)31(46)41(4)14-12-28(34)43/h5-7,9-10,15-16,25-27,42H,8,11-14,17-18H2,1-4H3,(H2,33,38)(H2,34,43)(H,39,45)(H,40,44)(H4,35,36,37)/t25-,26+,27+/m1/s1. The average Bonchev–Trinajstić information content (AvgIpc) is 2.97. The van der Waals surface area contributed by atoms with E-state index in [1.54, 1.807) is 12.1 Å². The zero-order valence-electron chi connectivity index (χ0n) is 26.9. The van der Waals surface area contributed by atoms with E-state index in [-0.39, 0.29) is 56.3 Å². The fourth-order valence-corrected chi connectivity index (χ4v) is 5.01. The van der Waals surface area contributed by atoms with E-state index in [1.165, 1.54) is 18.9 Å². The van der Waals surface area contributed by atoms with Gasteiger partial charge in [0.05, 0.1) is 5.84 Å². The molecule has 3 atom stereocenters. The molecule has 0 fully saturated rings. The number of nitrogens with zero attached hydrogens (tertiary/aromatic N) is 1. The first-order chi connectivity index (χ1) is 21.7. The van der Waals surface area contributed by atoms with Gasteiger partial charge in [-0.2, -0.15) is 0 Å². The number of phenols is 1. The normalized spacial score (nSPS) is 12.6. The molecule has 2 rings (SSSR count). The Bertz CT molecular complexity index is 1380. The van der Waals surface area contributed by atoms with Crippen LogP contribution in [0.1, 0.15) is 48.4 Å². The second kappa shape index (κ2) is 18.0. The number of phenolic OH excluding ortho intramolecular Hbond substituents is 1. The summed E-state index contributed by atoms with van der Waals surface area (Å²) < 4.78 is 0. The number of hydrogen-bond donors (Lipinski definition) is 9. The number of amidine groups is 1. The lowest BCUT2D eigenvalue weighted by molar-refractivity contribution is -0.137. The average molecular weight is 638 g/mol. The number of hydrogen-bond acceptors (Lipinski definition) is 7. The molecule has 0 unspecified atom stereocenters. The van der Waals surface area contributed by atoms with Gasteiger partial charge in [-0.25, -0.2) is 0 Å². The summed E-state index contributed by atoms with van der Waals surface area (Å²) >= 11 is 0. The van der Waals surface area contributed by atoms with Gasteiger partial charge in [0, 0.05) is 39.4 Å². The van der Waals surface area contributed by atoms with Gasteiger partial charge in [0.1, 0.15) is 23.9 Å². The molecule has 0 heterocycles. The van der Waals surface area contributed by atoms with Gasteiger partial charge in [-0.15, -0.1) is 0 Å². The van der Waals surface area contributed by atoms with Crippen LogP contribution in [0.15, 0.2) is 42.5 Å². The van der Waals surface area contributed by atoms with Crippen molar-refractivity contribution in [1.82, 2.24) is 26.2 Å². The minimum atomic E-state index is -1.08. The van der Waals surface area contributed by atoms with Crippen molar-refractivity contribution in [2.24, 2.45) is 11.5 Å². The van der Waals surface area contributed by atoms with Crippen LogP contribution in [0.4, 0.5) is 0 Å². The summed E-state index contributed by atoms with van der Waals surface area (Å²) in [5.74, 6) is -2.22. The molecule has 0 spiro atoms. The van der Waals surface area contributed by atoms with E-state index in [9.17, 15) is 24.3 Å². The summed E-state index contributed by atoms with van der Waals surface area (Å²) in [5.41, 5.74) is 13.8. The molecule has 250 valence electrons. The van der Waals surface area contributed by atoms with Crippen LogP contribution in [0.5, 0.6) is 5.75 Å². The van der Waals surface area contributed by atoms with Crippen molar-refractivity contribution < 1.29 is 24.3 Å². The van der Waals surface area contributed by atoms with Gasteiger partial charge < -0.3 is 42.7 Å². The fraction of sp³-hybridized carbons (Fsp3) is 0.438. The first kappa shape index (κ1) is 37.0. The summed E-state index contributed by atoms with van der Waals surface area (Å²) in [6.45, 7) is 5.47. The molecule has 2 aromatic carbocycles. The maximum atomic E-state index is 13.8. The highest BCUT2D eigenvalue weighted by molar-refractivity contribution is 5.94. The Morgan fingerprint density at radius 3 is 2.04 bits per heavy atom. The fourth-order valence-electron chi connectivity index (χ4n) is 5.01. The molecular formula is C32H47N9O5. The molecule has 14 nitrogen and oxygen atoms in total. The van der Waals surface area contributed by atoms with Crippen LogP contribution < -0.4 is 32.7 Å². The summed E-state index contributed by atoms with van der Waals surface area (Å²) in [5, 5.41) is 36.5. The molecular weight excluding hydrogens is 590 g/mol. The second-order valence-corrected chi connectivity index (χ2v) is 11.4. The molecule has 2 aromatic rings. The molecule has 0 aliphatic carbocycles. The van der Waals surface area contributed by atoms with Gasteiger partial charge in [0.15, 0.2) is 5.96 Å². The molecule has 0 saturated heterocycles. The minimum absolute atomic E-state index is 0.0448. The molecule has 0 radical (unpaired) electrons. The lowest BCUT2D eigenvalue weighted by Gasteiger charge is -2.28. The van der Waals surface area contributed by atoms with Crippen molar-refractivity contribution in [2.75, 3.05) is 20.1 Å². The van der Waals surface area contributed by atoms with Crippen LogP contribution >= 0.6 is 0 Å². The zero-order chi connectivity index (χ0) is 34.4. The lowest BCUT2D eigenvalue weighted by atomic mass is 9.95. The highest BCUT2D eigenvalue weighted by Crippen LogP contribution is 2.22. The third-order valence-electron chi connectivity index (χ3n) is 7.38. The SMILES string of the molecule is CC(=N)N[C@@H](Cc1c(C)cc(O)cc1C)C(=O)N[C@H](CCCNC(=N)N)C(=O)N[C@@H](Cc1ccccc1)C(=O)N(C)CCC(N)=O. The van der Waals surface area contributed by atoms with E-state index < -0.39 is 41.8 Å². The number of nitrogens with two attached hydrogens (primary N) is 2. The summed E-state index contributed by atoms with van der Waals surface area (Å²) in [7, 11) is 1.52. The zero-order valence-corrected chi connectivity index (χ0v) is 26.9. The van der Waals surface area contributed by atoms with Crippen molar-refractivity contribution in [3.8, 4) is 5.75 Å². The Labute approximate surface area is 269 Å². The number of likely N-dealkylation sites (N-methyl/N-ethyl adjacent to an activating group) is 1. The van der Waals surface area contributed by atoms with E-state index in [2.05, 4.69) is 21.3 Å². The number of carbonyl (C=O) groups excluding carboxylic acids is 4. The maximum Gasteiger partial charge on any atom is 0.245 e. The van der Waals surface area contributed by atoms with Crippen LogP contribution in [0.3, 0.4) is 0 Å². The van der Waals surface area contributed by atoms with E-state index in [0.29, 0.717) is 6.42 Å². The number of amides is 4. The largest absolute Gasteiger partial charge is 0.508 e. The smallest absolute Gasteiger partial charge is 0.245 e. The summed E-state index contributed by atoms with van der Waals surface area (Å²) in [4.78, 5) is 53.6. The Morgan fingerprint density at radius 2 is 1.48 bits per heavy atom. The predicted octanol–water partition coefficient (Wildman–Crippen LogP) is 0.316. The molecule has 11 N–H and O–H groups in total. The van der Waals surface area contributed by atoms with Crippen molar-refractivity contribution in [2.45, 2.75) is 71.0 Å². The van der Waals surface area contributed by atoms with Crippen LogP contribution in [0.25, 0.3) is 0 Å². The van der Waals surface area contributed by atoms with E-state index >= 15 is 0 Å². The Balaban J connectivity index is 2.35. The number of aromatic hydroxyl groups is 1. The van der Waals surface area contributed by atoms with Gasteiger partial charge in [0.25, 0.3) is 0 Å². The highest BCUT2D eigenvalue weighted by atomic mass is 16.3. The first-order valence-corrected chi connectivity index (χ1v) is 15.0. The Kier molecular flexibility index (Phi) is 14.5. The molecule has 0 aliphatic heterocycles. The minimum Gasteiger partial charge on any atom is -0.508 e. The second-order valence-electron chi connectivity index (χ2n) is 11.4. The number of carbonyl (C=O) groups is 4. The van der Waals surface area contributed by atoms with E-state index in [0.717, 1.165) is 22.3 Å². The number of primary amides is 1. The van der Waals surface area contributed by atoms with Gasteiger partial charge >= 0.3 is 0 Å². The van der Waals surface area contributed by atoms with Crippen molar-refractivity contribution in [3.63, 3.8) is 0 Å².